The van der Waals surface area contributed by atoms with Crippen molar-refractivity contribution < 1.29 is 9.84 Å². The molecular formula is C7H15NO2S. The van der Waals surface area contributed by atoms with E-state index in [0.717, 1.165) is 32.2 Å². The van der Waals surface area contributed by atoms with Crippen LogP contribution in [0.1, 0.15) is 25.7 Å². The fraction of sp³-hybridized carbons (Fsp3) is 0.857. The SMILES string of the molecule is NCCCCCCOC(O)=S. The molecular weight excluding hydrogens is 162 g/mol. The normalized spacial score (nSPS) is 9.55. The van der Waals surface area contributed by atoms with Gasteiger partial charge in [0.05, 0.1) is 6.61 Å². The molecule has 0 spiro atoms. The van der Waals surface area contributed by atoms with Crippen molar-refractivity contribution in [2.24, 2.45) is 5.73 Å². The Balaban J connectivity index is 2.85. The Kier molecular flexibility index (Phi) is 7.51. The maximum absolute atomic E-state index is 8.44. The van der Waals surface area contributed by atoms with Crippen molar-refractivity contribution in [1.29, 1.82) is 0 Å². The van der Waals surface area contributed by atoms with Crippen molar-refractivity contribution >= 4 is 17.5 Å². The lowest BCUT2D eigenvalue weighted by Crippen LogP contribution is -2.02. The topological polar surface area (TPSA) is 55.5 Å². The van der Waals surface area contributed by atoms with Gasteiger partial charge in [0, 0.05) is 12.2 Å². The van der Waals surface area contributed by atoms with E-state index in [9.17, 15) is 0 Å². The van der Waals surface area contributed by atoms with Gasteiger partial charge in [0.1, 0.15) is 0 Å². The lowest BCUT2D eigenvalue weighted by Gasteiger charge is -2.00. The molecule has 0 aromatic heterocycles. The van der Waals surface area contributed by atoms with Gasteiger partial charge >= 0.3 is 5.24 Å². The molecule has 0 unspecified atom stereocenters. The van der Waals surface area contributed by atoms with Crippen LogP contribution < -0.4 is 5.73 Å². The highest BCUT2D eigenvalue weighted by molar-refractivity contribution is 7.79. The van der Waals surface area contributed by atoms with Gasteiger partial charge in [-0.3, -0.25) is 0 Å². The molecule has 11 heavy (non-hydrogen) atoms. The van der Waals surface area contributed by atoms with E-state index in [4.69, 9.17) is 10.8 Å². The van der Waals surface area contributed by atoms with E-state index in [1.54, 1.807) is 0 Å². The van der Waals surface area contributed by atoms with Crippen molar-refractivity contribution in [3.05, 3.63) is 0 Å². The summed E-state index contributed by atoms with van der Waals surface area (Å²) in [5.41, 5.74) is 5.30. The molecule has 0 atom stereocenters. The summed E-state index contributed by atoms with van der Waals surface area (Å²) in [5, 5.41) is 8.09. The number of ether oxygens (including phenoxy) is 1. The van der Waals surface area contributed by atoms with Gasteiger partial charge in [0.25, 0.3) is 0 Å². The van der Waals surface area contributed by atoms with Crippen LogP contribution in [0.15, 0.2) is 0 Å². The number of rotatable bonds is 6. The highest BCUT2D eigenvalue weighted by Gasteiger charge is 1.91. The molecule has 0 aromatic rings. The van der Waals surface area contributed by atoms with E-state index < -0.39 is 0 Å². The number of aliphatic hydroxyl groups is 1. The molecule has 0 saturated heterocycles. The molecule has 0 aliphatic carbocycles. The van der Waals surface area contributed by atoms with Gasteiger partial charge in [-0.15, -0.1) is 0 Å². The largest absolute Gasteiger partial charge is 0.472 e. The predicted molar refractivity (Wildman–Crippen MR) is 48.7 cm³/mol. The minimum atomic E-state index is -0.358. The van der Waals surface area contributed by atoms with E-state index in [-0.39, 0.29) is 5.24 Å². The standard InChI is InChI=1S/C7H15NO2S/c8-5-3-1-2-4-6-10-7(9)11/h1-6,8H2,(H,9,11). The molecule has 0 rings (SSSR count). The summed E-state index contributed by atoms with van der Waals surface area (Å²) in [6, 6.07) is 0. The smallest absolute Gasteiger partial charge is 0.349 e. The Bertz CT molecular complexity index is 109. The van der Waals surface area contributed by atoms with Crippen LogP contribution in [0, 0.1) is 0 Å². The summed E-state index contributed by atoms with van der Waals surface area (Å²) in [7, 11) is 0. The van der Waals surface area contributed by atoms with Crippen molar-refractivity contribution in [2.75, 3.05) is 13.2 Å². The van der Waals surface area contributed by atoms with Crippen LogP contribution in [0.3, 0.4) is 0 Å². The minimum Gasteiger partial charge on any atom is -0.472 e. The second kappa shape index (κ2) is 7.75. The van der Waals surface area contributed by atoms with E-state index in [1.165, 1.54) is 0 Å². The molecule has 3 nitrogen and oxygen atoms in total. The number of hydrogen-bond donors (Lipinski definition) is 2. The second-order valence-corrected chi connectivity index (χ2v) is 2.67. The van der Waals surface area contributed by atoms with Gasteiger partial charge in [-0.1, -0.05) is 12.8 Å². The first-order valence-corrected chi connectivity index (χ1v) is 4.24. The van der Waals surface area contributed by atoms with Crippen LogP contribution in [0.2, 0.25) is 0 Å². The average Bonchev–Trinajstić information content (AvgIpc) is 1.96. The average molecular weight is 177 g/mol. The molecule has 0 aromatic carbocycles. The first-order chi connectivity index (χ1) is 5.27. The molecule has 66 valence electrons. The predicted octanol–water partition coefficient (Wildman–Crippen LogP) is 1.37. The highest BCUT2D eigenvalue weighted by atomic mass is 32.1. The summed E-state index contributed by atoms with van der Waals surface area (Å²) in [6.07, 6.45) is 4.20. The zero-order valence-corrected chi connectivity index (χ0v) is 7.40. The van der Waals surface area contributed by atoms with Crippen molar-refractivity contribution in [3.63, 3.8) is 0 Å². The Hall–Kier alpha value is -0.350. The van der Waals surface area contributed by atoms with Gasteiger partial charge in [0.2, 0.25) is 0 Å². The van der Waals surface area contributed by atoms with E-state index in [1.807, 2.05) is 0 Å². The van der Waals surface area contributed by atoms with Crippen LogP contribution in [-0.4, -0.2) is 23.5 Å². The molecule has 0 bridgehead atoms. The molecule has 0 aliphatic heterocycles. The molecule has 0 fully saturated rings. The van der Waals surface area contributed by atoms with Crippen LogP contribution >= 0.6 is 12.2 Å². The fourth-order valence-corrected chi connectivity index (χ4v) is 0.843. The Morgan fingerprint density at radius 2 is 1.91 bits per heavy atom. The van der Waals surface area contributed by atoms with E-state index >= 15 is 0 Å². The number of unbranched alkanes of at least 4 members (excludes halogenated alkanes) is 3. The highest BCUT2D eigenvalue weighted by Crippen LogP contribution is 1.98. The number of nitrogens with two attached hydrogens (primary N) is 1. The van der Waals surface area contributed by atoms with E-state index in [0.29, 0.717) is 6.61 Å². The third kappa shape index (κ3) is 9.65. The van der Waals surface area contributed by atoms with E-state index in [2.05, 4.69) is 17.0 Å². The fourth-order valence-electron chi connectivity index (χ4n) is 0.759. The number of aliphatic hydroxyl groups excluding tert-OH is 1. The van der Waals surface area contributed by atoms with Gasteiger partial charge < -0.3 is 15.6 Å². The minimum absolute atomic E-state index is 0.358. The van der Waals surface area contributed by atoms with Crippen molar-refractivity contribution in [2.45, 2.75) is 25.7 Å². The van der Waals surface area contributed by atoms with Crippen molar-refractivity contribution in [3.8, 4) is 0 Å². The van der Waals surface area contributed by atoms with Crippen molar-refractivity contribution in [1.82, 2.24) is 0 Å². The summed E-state index contributed by atoms with van der Waals surface area (Å²) in [5.74, 6) is 0. The quantitative estimate of drug-likeness (QED) is 0.475. The third-order valence-corrected chi connectivity index (χ3v) is 1.44. The van der Waals surface area contributed by atoms with Crippen LogP contribution in [0.5, 0.6) is 0 Å². The number of hydrogen-bond acceptors (Lipinski definition) is 3. The first kappa shape index (κ1) is 10.7. The summed E-state index contributed by atoms with van der Waals surface area (Å²) in [6.45, 7) is 1.26. The summed E-state index contributed by atoms with van der Waals surface area (Å²) < 4.78 is 4.68. The molecule has 0 radical (unpaired) electrons. The summed E-state index contributed by atoms with van der Waals surface area (Å²) in [4.78, 5) is 0. The third-order valence-electron chi connectivity index (χ3n) is 1.32. The first-order valence-electron chi connectivity index (χ1n) is 3.83. The second-order valence-electron chi connectivity index (χ2n) is 2.32. The molecule has 0 heterocycles. The molecule has 0 aliphatic rings. The van der Waals surface area contributed by atoms with Crippen LogP contribution in [-0.2, 0) is 4.74 Å². The Morgan fingerprint density at radius 1 is 1.27 bits per heavy atom. The lowest BCUT2D eigenvalue weighted by atomic mass is 10.2. The Labute approximate surface area is 72.5 Å². The van der Waals surface area contributed by atoms with Gasteiger partial charge in [-0.25, -0.2) is 0 Å². The van der Waals surface area contributed by atoms with Gasteiger partial charge in [-0.2, -0.15) is 0 Å². The monoisotopic (exact) mass is 177 g/mol. The maximum Gasteiger partial charge on any atom is 0.349 e. The summed E-state index contributed by atoms with van der Waals surface area (Å²) >= 11 is 4.31. The molecule has 0 saturated carbocycles. The van der Waals surface area contributed by atoms with Crippen LogP contribution in [0.25, 0.3) is 0 Å². The maximum atomic E-state index is 8.44. The zero-order valence-electron chi connectivity index (χ0n) is 6.58. The van der Waals surface area contributed by atoms with Crippen LogP contribution in [0.4, 0.5) is 0 Å². The molecule has 4 heteroatoms. The van der Waals surface area contributed by atoms with Gasteiger partial charge in [-0.05, 0) is 19.4 Å². The molecule has 3 N–H and O–H groups in total. The Morgan fingerprint density at radius 3 is 2.45 bits per heavy atom. The zero-order chi connectivity index (χ0) is 8.53. The van der Waals surface area contributed by atoms with Gasteiger partial charge in [0.15, 0.2) is 0 Å². The molecule has 0 amide bonds. The lowest BCUT2D eigenvalue weighted by molar-refractivity contribution is 0.234. The number of thiocarbonyl (C=S) groups is 1.